The molecule has 3 aromatic rings. The van der Waals surface area contributed by atoms with Gasteiger partial charge >= 0.3 is 0 Å². The van der Waals surface area contributed by atoms with Crippen molar-refractivity contribution in [2.75, 3.05) is 5.88 Å². The quantitative estimate of drug-likeness (QED) is 0.685. The van der Waals surface area contributed by atoms with Crippen molar-refractivity contribution < 1.29 is 0 Å². The largest absolute Gasteiger partial charge is 0.320 e. The third-order valence-corrected chi connectivity index (χ3v) is 5.02. The summed E-state index contributed by atoms with van der Waals surface area (Å²) in [6.45, 7) is 6.31. The SMILES string of the molecule is Cc1nc(C)c(C(C)n2c(CCCl)nc3cnccc32)s1. The minimum absolute atomic E-state index is 0.196. The summed E-state index contributed by atoms with van der Waals surface area (Å²) < 4.78 is 2.26. The van der Waals surface area contributed by atoms with E-state index < -0.39 is 0 Å². The highest BCUT2D eigenvalue weighted by Gasteiger charge is 2.20. The van der Waals surface area contributed by atoms with Crippen LogP contribution in [0.1, 0.15) is 34.4 Å². The zero-order chi connectivity index (χ0) is 15.0. The highest BCUT2D eigenvalue weighted by atomic mass is 35.5. The van der Waals surface area contributed by atoms with Crippen molar-refractivity contribution in [3.05, 3.63) is 39.9 Å². The molecule has 0 amide bonds. The Balaban J connectivity index is 2.17. The molecule has 21 heavy (non-hydrogen) atoms. The summed E-state index contributed by atoms with van der Waals surface area (Å²) in [5.74, 6) is 1.57. The fourth-order valence-electron chi connectivity index (χ4n) is 2.75. The van der Waals surface area contributed by atoms with Gasteiger partial charge in [0.15, 0.2) is 0 Å². The molecule has 4 nitrogen and oxygen atoms in total. The highest BCUT2D eigenvalue weighted by Crippen LogP contribution is 2.31. The number of imidazole rings is 1. The van der Waals surface area contributed by atoms with Crippen LogP contribution in [0.15, 0.2) is 18.5 Å². The number of thiazole rings is 1. The molecule has 0 spiro atoms. The van der Waals surface area contributed by atoms with Gasteiger partial charge in [0, 0.05) is 18.5 Å². The van der Waals surface area contributed by atoms with Crippen LogP contribution in [0.5, 0.6) is 0 Å². The molecule has 0 aliphatic heterocycles. The average Bonchev–Trinajstić information content (AvgIpc) is 2.98. The molecule has 3 heterocycles. The van der Waals surface area contributed by atoms with Crippen LogP contribution in [0.4, 0.5) is 0 Å². The molecule has 0 saturated carbocycles. The van der Waals surface area contributed by atoms with Gasteiger partial charge in [-0.25, -0.2) is 9.97 Å². The molecule has 0 bridgehead atoms. The first-order valence-electron chi connectivity index (χ1n) is 6.92. The normalized spacial score (nSPS) is 13.0. The van der Waals surface area contributed by atoms with Crippen molar-refractivity contribution in [3.63, 3.8) is 0 Å². The predicted molar refractivity (Wildman–Crippen MR) is 87.4 cm³/mol. The van der Waals surface area contributed by atoms with Gasteiger partial charge in [0.05, 0.1) is 33.3 Å². The van der Waals surface area contributed by atoms with Gasteiger partial charge in [-0.3, -0.25) is 4.98 Å². The van der Waals surface area contributed by atoms with E-state index in [2.05, 4.69) is 33.4 Å². The van der Waals surface area contributed by atoms with Gasteiger partial charge in [0.25, 0.3) is 0 Å². The lowest BCUT2D eigenvalue weighted by molar-refractivity contribution is 0.629. The van der Waals surface area contributed by atoms with Crippen molar-refractivity contribution >= 4 is 34.0 Å². The van der Waals surface area contributed by atoms with Crippen LogP contribution in [-0.2, 0) is 6.42 Å². The Labute approximate surface area is 132 Å². The number of nitrogens with zero attached hydrogens (tertiary/aromatic N) is 4. The molecule has 1 atom stereocenters. The second-order valence-corrected chi connectivity index (χ2v) is 6.67. The van der Waals surface area contributed by atoms with E-state index >= 15 is 0 Å². The van der Waals surface area contributed by atoms with Gasteiger partial charge in [-0.2, -0.15) is 0 Å². The Morgan fingerprint density at radius 1 is 1.33 bits per heavy atom. The number of aryl methyl sites for hydroxylation is 3. The molecule has 6 heteroatoms. The number of hydrogen-bond donors (Lipinski definition) is 0. The van der Waals surface area contributed by atoms with Crippen molar-refractivity contribution in [1.29, 1.82) is 0 Å². The molecule has 0 saturated heterocycles. The molecule has 3 rings (SSSR count). The summed E-state index contributed by atoms with van der Waals surface area (Å²) in [5, 5.41) is 1.10. The van der Waals surface area contributed by atoms with Crippen LogP contribution in [0.25, 0.3) is 11.0 Å². The Morgan fingerprint density at radius 3 is 2.81 bits per heavy atom. The summed E-state index contributed by atoms with van der Waals surface area (Å²) in [7, 11) is 0. The molecular formula is C15H17ClN4S. The highest BCUT2D eigenvalue weighted by molar-refractivity contribution is 7.11. The second kappa shape index (κ2) is 5.73. The number of hydrogen-bond acceptors (Lipinski definition) is 4. The first-order chi connectivity index (χ1) is 10.1. The van der Waals surface area contributed by atoms with E-state index in [1.807, 2.05) is 19.2 Å². The molecule has 0 fully saturated rings. The van der Waals surface area contributed by atoms with Crippen LogP contribution in [0.3, 0.4) is 0 Å². The molecule has 1 unspecified atom stereocenters. The van der Waals surface area contributed by atoms with Crippen molar-refractivity contribution in [1.82, 2.24) is 19.5 Å². The fraction of sp³-hybridized carbons (Fsp3) is 0.400. The van der Waals surface area contributed by atoms with E-state index in [4.69, 9.17) is 11.6 Å². The van der Waals surface area contributed by atoms with Crippen LogP contribution in [0, 0.1) is 13.8 Å². The summed E-state index contributed by atoms with van der Waals surface area (Å²) in [6.07, 6.45) is 4.36. The van der Waals surface area contributed by atoms with Crippen LogP contribution in [-0.4, -0.2) is 25.4 Å². The number of aromatic nitrogens is 4. The van der Waals surface area contributed by atoms with Gasteiger partial charge in [0.2, 0.25) is 0 Å². The Hall–Kier alpha value is -1.46. The second-order valence-electron chi connectivity index (χ2n) is 5.06. The van der Waals surface area contributed by atoms with E-state index in [0.29, 0.717) is 5.88 Å². The smallest absolute Gasteiger partial charge is 0.111 e. The molecule has 0 radical (unpaired) electrons. The molecule has 0 N–H and O–H groups in total. The Bertz CT molecular complexity index is 777. The monoisotopic (exact) mass is 320 g/mol. The zero-order valence-corrected chi connectivity index (χ0v) is 13.9. The number of pyridine rings is 1. The van der Waals surface area contributed by atoms with Crippen LogP contribution in [0.2, 0.25) is 0 Å². The van der Waals surface area contributed by atoms with E-state index in [-0.39, 0.29) is 6.04 Å². The molecular weight excluding hydrogens is 304 g/mol. The number of halogens is 1. The maximum Gasteiger partial charge on any atom is 0.111 e. The van der Waals surface area contributed by atoms with Crippen molar-refractivity contribution in [2.24, 2.45) is 0 Å². The topological polar surface area (TPSA) is 43.6 Å². The van der Waals surface area contributed by atoms with Gasteiger partial charge in [-0.05, 0) is 26.8 Å². The first kappa shape index (κ1) is 14.5. The van der Waals surface area contributed by atoms with Gasteiger partial charge in [-0.1, -0.05) is 0 Å². The molecule has 110 valence electrons. The fourth-order valence-corrected chi connectivity index (χ4v) is 3.88. The van der Waals surface area contributed by atoms with Gasteiger partial charge < -0.3 is 4.57 Å². The number of rotatable bonds is 4. The van der Waals surface area contributed by atoms with E-state index in [0.717, 1.165) is 34.0 Å². The first-order valence-corrected chi connectivity index (χ1v) is 8.27. The summed E-state index contributed by atoms with van der Waals surface area (Å²) in [4.78, 5) is 14.7. The summed E-state index contributed by atoms with van der Waals surface area (Å²) >= 11 is 7.69. The number of fused-ring (bicyclic) bond motifs is 1. The lowest BCUT2D eigenvalue weighted by atomic mass is 10.2. The van der Waals surface area contributed by atoms with E-state index in [1.165, 1.54) is 4.88 Å². The minimum atomic E-state index is 0.196. The predicted octanol–water partition coefficient (Wildman–Crippen LogP) is 3.90. The number of alkyl halides is 1. The molecule has 0 aromatic carbocycles. The Kier molecular flexibility index (Phi) is 3.95. The summed E-state index contributed by atoms with van der Waals surface area (Å²) in [6, 6.07) is 2.21. The van der Waals surface area contributed by atoms with Crippen LogP contribution < -0.4 is 0 Å². The molecule has 0 aliphatic rings. The van der Waals surface area contributed by atoms with Gasteiger partial charge in [0.1, 0.15) is 11.3 Å². The van der Waals surface area contributed by atoms with E-state index in [9.17, 15) is 0 Å². The third kappa shape index (κ3) is 2.56. The van der Waals surface area contributed by atoms with Crippen molar-refractivity contribution in [2.45, 2.75) is 33.2 Å². The van der Waals surface area contributed by atoms with Gasteiger partial charge in [-0.15, -0.1) is 22.9 Å². The third-order valence-electron chi connectivity index (χ3n) is 3.59. The minimum Gasteiger partial charge on any atom is -0.320 e. The summed E-state index contributed by atoms with van der Waals surface area (Å²) in [5.41, 5.74) is 3.11. The standard InChI is InChI=1S/C15H17ClN4S/c1-9-15(21-11(3)18-9)10(2)20-13-5-7-17-8-12(13)19-14(20)4-6-16/h5,7-8,10H,4,6H2,1-3H3. The molecule has 0 aliphatic carbocycles. The lowest BCUT2D eigenvalue weighted by Gasteiger charge is -2.16. The maximum atomic E-state index is 5.94. The van der Waals surface area contributed by atoms with Crippen molar-refractivity contribution in [3.8, 4) is 0 Å². The zero-order valence-electron chi connectivity index (χ0n) is 12.3. The van der Waals surface area contributed by atoms with Crippen LogP contribution >= 0.6 is 22.9 Å². The lowest BCUT2D eigenvalue weighted by Crippen LogP contribution is -2.11. The maximum absolute atomic E-state index is 5.94. The Morgan fingerprint density at radius 2 is 2.14 bits per heavy atom. The average molecular weight is 321 g/mol. The molecule has 3 aromatic heterocycles. The van der Waals surface area contributed by atoms with E-state index in [1.54, 1.807) is 17.5 Å².